The van der Waals surface area contributed by atoms with E-state index in [2.05, 4.69) is 11.9 Å². The highest BCUT2D eigenvalue weighted by molar-refractivity contribution is 5.81. The van der Waals surface area contributed by atoms with Gasteiger partial charge < -0.3 is 0 Å². The number of dihydropyridines is 1. The van der Waals surface area contributed by atoms with Crippen molar-refractivity contribution in [1.82, 2.24) is 0 Å². The van der Waals surface area contributed by atoms with Crippen LogP contribution in [-0.4, -0.2) is 18.2 Å². The summed E-state index contributed by atoms with van der Waals surface area (Å²) in [6.45, 7) is 2.98. The van der Waals surface area contributed by atoms with Crippen LogP contribution in [0.2, 0.25) is 0 Å². The van der Waals surface area contributed by atoms with Crippen molar-refractivity contribution in [2.45, 2.75) is 45.1 Å². The molecule has 1 nitrogen and oxygen atoms in total. The molecule has 0 aliphatic carbocycles. The first-order chi connectivity index (χ1) is 6.04. The average Bonchev–Trinajstić information content (AvgIpc) is 2.04. The van der Waals surface area contributed by atoms with E-state index in [0.717, 1.165) is 19.8 Å². The second-order valence-corrected chi connectivity index (χ2v) is 3.50. The van der Waals surface area contributed by atoms with E-state index < -0.39 is 5.92 Å². The Bertz CT molecular complexity index is 226. The molecule has 0 bridgehead atoms. The third-order valence-corrected chi connectivity index (χ3v) is 2.16. The molecule has 0 aromatic rings. The number of hydrogen-bond donors (Lipinski definition) is 0. The summed E-state index contributed by atoms with van der Waals surface area (Å²) in [5.74, 6) is -2.74. The summed E-state index contributed by atoms with van der Waals surface area (Å²) in [6, 6.07) is 0.219. The lowest BCUT2D eigenvalue weighted by Crippen LogP contribution is -2.19. The van der Waals surface area contributed by atoms with E-state index >= 15 is 0 Å². The Morgan fingerprint density at radius 2 is 2.31 bits per heavy atom. The normalized spacial score (nSPS) is 23.1. The van der Waals surface area contributed by atoms with E-state index in [0.29, 0.717) is 6.42 Å². The van der Waals surface area contributed by atoms with Crippen LogP contribution >= 0.6 is 0 Å². The van der Waals surface area contributed by atoms with Gasteiger partial charge in [0.2, 0.25) is 0 Å². The minimum atomic E-state index is -2.74. The molecular weight excluding hydrogens is 172 g/mol. The van der Waals surface area contributed by atoms with Gasteiger partial charge in [0, 0.05) is 18.7 Å². The van der Waals surface area contributed by atoms with Crippen LogP contribution in [0.5, 0.6) is 0 Å². The van der Waals surface area contributed by atoms with Gasteiger partial charge in [0.25, 0.3) is 5.92 Å². The molecule has 13 heavy (non-hydrogen) atoms. The molecule has 0 spiro atoms. The molecule has 1 aliphatic rings. The summed E-state index contributed by atoms with van der Waals surface area (Å²) in [5, 5.41) is 0. The lowest BCUT2D eigenvalue weighted by Gasteiger charge is -2.18. The Labute approximate surface area is 77.6 Å². The van der Waals surface area contributed by atoms with Gasteiger partial charge in [-0.2, -0.15) is 0 Å². The zero-order chi connectivity index (χ0) is 9.90. The molecule has 74 valence electrons. The quantitative estimate of drug-likeness (QED) is 0.643. The van der Waals surface area contributed by atoms with Gasteiger partial charge in [0.15, 0.2) is 0 Å². The maximum absolute atomic E-state index is 12.8. The Balaban J connectivity index is 2.55. The van der Waals surface area contributed by atoms with Crippen molar-refractivity contribution in [3.8, 4) is 0 Å². The van der Waals surface area contributed by atoms with E-state index in [-0.39, 0.29) is 11.6 Å². The fourth-order valence-corrected chi connectivity index (χ4v) is 1.38. The zero-order valence-electron chi connectivity index (χ0n) is 8.06. The fourth-order valence-electron chi connectivity index (χ4n) is 1.38. The molecule has 1 aliphatic heterocycles. The van der Waals surface area contributed by atoms with Gasteiger partial charge in [0.05, 0.1) is 6.04 Å². The van der Waals surface area contributed by atoms with Crippen LogP contribution in [0.15, 0.2) is 16.6 Å². The summed E-state index contributed by atoms with van der Waals surface area (Å²) in [6.07, 6.45) is 5.61. The molecule has 1 unspecified atom stereocenters. The smallest absolute Gasteiger partial charge is 0.271 e. The monoisotopic (exact) mass is 187 g/mol. The topological polar surface area (TPSA) is 12.4 Å². The van der Waals surface area contributed by atoms with Gasteiger partial charge in [-0.1, -0.05) is 19.4 Å². The van der Waals surface area contributed by atoms with Crippen LogP contribution in [0.3, 0.4) is 0 Å². The summed E-state index contributed by atoms with van der Waals surface area (Å²) >= 11 is 0. The molecule has 0 aromatic heterocycles. The molecule has 1 atom stereocenters. The molecule has 3 heteroatoms. The Morgan fingerprint density at radius 3 is 2.69 bits per heavy atom. The highest BCUT2D eigenvalue weighted by Gasteiger charge is 2.27. The zero-order valence-corrected chi connectivity index (χ0v) is 8.06. The van der Waals surface area contributed by atoms with E-state index in [1.54, 1.807) is 6.08 Å². The van der Waals surface area contributed by atoms with Crippen molar-refractivity contribution < 1.29 is 8.78 Å². The maximum atomic E-state index is 12.8. The Morgan fingerprint density at radius 1 is 1.62 bits per heavy atom. The number of aliphatic imine (C=N–C) groups is 1. The Hall–Kier alpha value is -0.730. The van der Waals surface area contributed by atoms with Crippen LogP contribution in [-0.2, 0) is 0 Å². The van der Waals surface area contributed by atoms with E-state index in [1.807, 2.05) is 0 Å². The average molecular weight is 187 g/mol. The van der Waals surface area contributed by atoms with E-state index in [4.69, 9.17) is 0 Å². The van der Waals surface area contributed by atoms with Crippen molar-refractivity contribution in [1.29, 1.82) is 0 Å². The summed E-state index contributed by atoms with van der Waals surface area (Å²) < 4.78 is 25.5. The second kappa shape index (κ2) is 3.99. The molecule has 1 rings (SSSR count). The van der Waals surface area contributed by atoms with Crippen LogP contribution in [0.25, 0.3) is 0 Å². The van der Waals surface area contributed by atoms with Gasteiger partial charge in [0.1, 0.15) is 0 Å². The standard InChI is InChI=1S/C10H15F2N/c1-3-4-9-6-5-8(7-13-9)10(2,11)12/h5,7,9H,3-4,6H2,1-2H3. The third-order valence-electron chi connectivity index (χ3n) is 2.16. The van der Waals surface area contributed by atoms with Crippen molar-refractivity contribution in [2.24, 2.45) is 4.99 Å². The molecule has 1 heterocycles. The van der Waals surface area contributed by atoms with Crippen molar-refractivity contribution in [3.05, 3.63) is 11.6 Å². The molecule has 0 saturated heterocycles. The first-order valence-electron chi connectivity index (χ1n) is 4.65. The SMILES string of the molecule is CCCC1CC=C(C(C)(F)F)C=N1. The van der Waals surface area contributed by atoms with E-state index in [9.17, 15) is 8.78 Å². The molecule has 0 amide bonds. The van der Waals surface area contributed by atoms with Gasteiger partial charge in [-0.05, 0) is 12.8 Å². The van der Waals surface area contributed by atoms with Gasteiger partial charge >= 0.3 is 0 Å². The van der Waals surface area contributed by atoms with E-state index in [1.165, 1.54) is 6.21 Å². The minimum Gasteiger partial charge on any atom is -0.289 e. The van der Waals surface area contributed by atoms with Crippen molar-refractivity contribution >= 4 is 6.21 Å². The van der Waals surface area contributed by atoms with Gasteiger partial charge in [-0.3, -0.25) is 4.99 Å². The van der Waals surface area contributed by atoms with Gasteiger partial charge in [-0.25, -0.2) is 8.78 Å². The molecule has 0 saturated carbocycles. The fraction of sp³-hybridized carbons (Fsp3) is 0.700. The van der Waals surface area contributed by atoms with Crippen LogP contribution in [0.4, 0.5) is 8.78 Å². The second-order valence-electron chi connectivity index (χ2n) is 3.50. The lowest BCUT2D eigenvalue weighted by atomic mass is 10.0. The maximum Gasteiger partial charge on any atom is 0.271 e. The predicted octanol–water partition coefficient (Wildman–Crippen LogP) is 3.21. The predicted molar refractivity (Wildman–Crippen MR) is 50.5 cm³/mol. The number of allylic oxidation sites excluding steroid dienone is 1. The third kappa shape index (κ3) is 2.90. The van der Waals surface area contributed by atoms with Crippen LogP contribution in [0.1, 0.15) is 33.1 Å². The highest BCUT2D eigenvalue weighted by Crippen LogP contribution is 2.25. The van der Waals surface area contributed by atoms with Crippen LogP contribution in [0, 0.1) is 0 Å². The molecule has 0 fully saturated rings. The molecule has 0 radical (unpaired) electrons. The first kappa shape index (κ1) is 10.4. The Kier molecular flexibility index (Phi) is 3.17. The number of alkyl halides is 2. The van der Waals surface area contributed by atoms with Crippen molar-refractivity contribution in [3.63, 3.8) is 0 Å². The summed E-state index contributed by atoms with van der Waals surface area (Å²) in [7, 11) is 0. The molecule has 0 aromatic carbocycles. The molecule has 0 N–H and O–H groups in total. The summed E-state index contributed by atoms with van der Waals surface area (Å²) in [4.78, 5) is 4.09. The molecular formula is C10H15F2N. The number of hydrogen-bond acceptors (Lipinski definition) is 1. The number of halogens is 2. The first-order valence-corrected chi connectivity index (χ1v) is 4.65. The summed E-state index contributed by atoms with van der Waals surface area (Å²) in [5.41, 5.74) is 0.0554. The van der Waals surface area contributed by atoms with Gasteiger partial charge in [-0.15, -0.1) is 0 Å². The van der Waals surface area contributed by atoms with Crippen molar-refractivity contribution in [2.75, 3.05) is 0 Å². The largest absolute Gasteiger partial charge is 0.289 e. The minimum absolute atomic E-state index is 0.0554. The highest BCUT2D eigenvalue weighted by atomic mass is 19.3. The lowest BCUT2D eigenvalue weighted by molar-refractivity contribution is 0.0699. The number of nitrogens with zero attached hydrogens (tertiary/aromatic N) is 1. The van der Waals surface area contributed by atoms with Crippen LogP contribution < -0.4 is 0 Å². The number of rotatable bonds is 3.